The number of rotatable bonds is 5. The monoisotopic (exact) mass is 292 g/mol. The highest BCUT2D eigenvalue weighted by molar-refractivity contribution is 6.30. The van der Waals surface area contributed by atoms with Crippen molar-refractivity contribution in [2.75, 3.05) is 11.4 Å². The van der Waals surface area contributed by atoms with E-state index in [1.807, 2.05) is 6.07 Å². The van der Waals surface area contributed by atoms with Gasteiger partial charge in [-0.05, 0) is 49.3 Å². The molecule has 1 saturated heterocycles. The Morgan fingerprint density at radius 1 is 1.30 bits per heavy atom. The van der Waals surface area contributed by atoms with Crippen LogP contribution >= 0.6 is 11.6 Å². The van der Waals surface area contributed by atoms with E-state index in [-0.39, 0.29) is 0 Å². The largest absolute Gasteiger partial charge is 0.368 e. The average Bonchev–Trinajstić information content (AvgIpc) is 3.11. The van der Waals surface area contributed by atoms with Crippen molar-refractivity contribution in [1.29, 1.82) is 0 Å². The van der Waals surface area contributed by atoms with Gasteiger partial charge in [0.1, 0.15) is 0 Å². The number of halogens is 1. The fourth-order valence-electron chi connectivity index (χ4n) is 3.28. The molecule has 1 N–H and O–H groups in total. The average molecular weight is 293 g/mol. The van der Waals surface area contributed by atoms with Crippen LogP contribution in [0.2, 0.25) is 5.02 Å². The minimum Gasteiger partial charge on any atom is -0.368 e. The second-order valence-corrected chi connectivity index (χ2v) is 7.01. The molecule has 1 saturated carbocycles. The molecule has 0 amide bonds. The maximum atomic E-state index is 6.25. The molecular formula is C17H25ClN2. The van der Waals surface area contributed by atoms with Crippen molar-refractivity contribution in [1.82, 2.24) is 5.32 Å². The van der Waals surface area contributed by atoms with E-state index in [9.17, 15) is 0 Å². The van der Waals surface area contributed by atoms with Gasteiger partial charge in [0.05, 0.1) is 0 Å². The van der Waals surface area contributed by atoms with Gasteiger partial charge in [0.2, 0.25) is 0 Å². The van der Waals surface area contributed by atoms with Gasteiger partial charge in [-0.15, -0.1) is 0 Å². The number of nitrogens with zero attached hydrogens (tertiary/aromatic N) is 1. The Hall–Kier alpha value is -0.730. The Bertz CT molecular complexity index is 468. The highest BCUT2D eigenvalue weighted by Crippen LogP contribution is 2.34. The first-order valence-corrected chi connectivity index (χ1v) is 8.31. The lowest BCUT2D eigenvalue weighted by molar-refractivity contribution is 0.491. The van der Waals surface area contributed by atoms with Crippen molar-refractivity contribution < 1.29 is 0 Å². The van der Waals surface area contributed by atoms with Crippen LogP contribution in [0.15, 0.2) is 18.2 Å². The van der Waals surface area contributed by atoms with Crippen molar-refractivity contribution >= 4 is 17.3 Å². The van der Waals surface area contributed by atoms with E-state index in [2.05, 4.69) is 36.2 Å². The van der Waals surface area contributed by atoms with Gasteiger partial charge in [0.15, 0.2) is 0 Å². The Kier molecular flexibility index (Phi) is 4.23. The van der Waals surface area contributed by atoms with Crippen molar-refractivity contribution in [3.8, 4) is 0 Å². The Morgan fingerprint density at radius 2 is 2.10 bits per heavy atom. The molecule has 2 nitrogen and oxygen atoms in total. The number of hydrogen-bond acceptors (Lipinski definition) is 2. The summed E-state index contributed by atoms with van der Waals surface area (Å²) in [6, 6.07) is 7.79. The third-order valence-corrected chi connectivity index (χ3v) is 4.82. The molecule has 0 aromatic heterocycles. The summed E-state index contributed by atoms with van der Waals surface area (Å²) in [5.74, 6) is 0.695. The van der Waals surface area contributed by atoms with Crippen LogP contribution in [0, 0.1) is 5.92 Å². The maximum Gasteiger partial charge on any atom is 0.0429 e. The lowest BCUT2D eigenvalue weighted by Crippen LogP contribution is -2.34. The van der Waals surface area contributed by atoms with E-state index in [0.29, 0.717) is 12.0 Å². The lowest BCUT2D eigenvalue weighted by Gasteiger charge is -2.31. The highest BCUT2D eigenvalue weighted by Gasteiger charge is 2.29. The molecule has 0 spiro atoms. The molecule has 3 heteroatoms. The van der Waals surface area contributed by atoms with Gasteiger partial charge in [-0.25, -0.2) is 0 Å². The molecule has 0 radical (unpaired) electrons. The van der Waals surface area contributed by atoms with E-state index >= 15 is 0 Å². The summed E-state index contributed by atoms with van der Waals surface area (Å²) in [7, 11) is 0. The van der Waals surface area contributed by atoms with Crippen LogP contribution in [0.4, 0.5) is 5.69 Å². The van der Waals surface area contributed by atoms with E-state index in [4.69, 9.17) is 11.6 Å². The highest BCUT2D eigenvalue weighted by atomic mass is 35.5. The van der Waals surface area contributed by atoms with Gasteiger partial charge >= 0.3 is 0 Å². The quantitative estimate of drug-likeness (QED) is 0.874. The zero-order chi connectivity index (χ0) is 14.1. The van der Waals surface area contributed by atoms with Crippen molar-refractivity contribution in [2.45, 2.75) is 58.2 Å². The molecule has 2 fully saturated rings. The topological polar surface area (TPSA) is 15.3 Å². The summed E-state index contributed by atoms with van der Waals surface area (Å²) in [6.45, 7) is 6.80. The zero-order valence-corrected chi connectivity index (χ0v) is 13.3. The molecule has 1 aromatic carbocycles. The fourth-order valence-corrected chi connectivity index (χ4v) is 3.45. The Balaban J connectivity index is 1.83. The Morgan fingerprint density at radius 3 is 2.80 bits per heavy atom. The predicted octanol–water partition coefficient (Wildman–Crippen LogP) is 4.22. The van der Waals surface area contributed by atoms with Crippen LogP contribution < -0.4 is 10.2 Å². The third kappa shape index (κ3) is 3.12. The molecule has 1 unspecified atom stereocenters. The minimum atomic E-state index is 0.660. The maximum absolute atomic E-state index is 6.25. The molecule has 110 valence electrons. The van der Waals surface area contributed by atoms with Gasteiger partial charge in [-0.3, -0.25) is 0 Å². The summed E-state index contributed by atoms with van der Waals surface area (Å²) < 4.78 is 0. The van der Waals surface area contributed by atoms with Gasteiger partial charge in [0.25, 0.3) is 0 Å². The normalized spacial score (nSPS) is 22.8. The summed E-state index contributed by atoms with van der Waals surface area (Å²) in [6.07, 6.45) is 5.27. The molecule has 20 heavy (non-hydrogen) atoms. The summed E-state index contributed by atoms with van der Waals surface area (Å²) in [5.41, 5.74) is 2.75. The van der Waals surface area contributed by atoms with E-state index in [1.54, 1.807) is 0 Å². The van der Waals surface area contributed by atoms with Gasteiger partial charge < -0.3 is 10.2 Å². The van der Waals surface area contributed by atoms with Crippen LogP contribution in [-0.2, 0) is 6.54 Å². The molecule has 1 heterocycles. The Labute approximate surface area is 127 Å². The van der Waals surface area contributed by atoms with Gasteiger partial charge in [-0.1, -0.05) is 31.5 Å². The number of hydrogen-bond donors (Lipinski definition) is 1. The first-order chi connectivity index (χ1) is 9.65. The molecule has 1 atom stereocenters. The molecular weight excluding hydrogens is 268 g/mol. The first-order valence-electron chi connectivity index (χ1n) is 7.93. The van der Waals surface area contributed by atoms with E-state index < -0.39 is 0 Å². The van der Waals surface area contributed by atoms with Gasteiger partial charge in [-0.2, -0.15) is 0 Å². The van der Waals surface area contributed by atoms with Crippen molar-refractivity contribution in [2.24, 2.45) is 5.92 Å². The van der Waals surface area contributed by atoms with Crippen LogP contribution in [0.5, 0.6) is 0 Å². The second-order valence-electron chi connectivity index (χ2n) is 6.58. The number of nitrogens with one attached hydrogen (secondary N) is 1. The molecule has 1 aromatic rings. The smallest absolute Gasteiger partial charge is 0.0429 e. The number of anilines is 1. The SMILES string of the molecule is CC(C)C1CCCN1c1cc(Cl)ccc1CNC1CC1. The van der Waals surface area contributed by atoms with Crippen molar-refractivity contribution in [3.05, 3.63) is 28.8 Å². The van der Waals surface area contributed by atoms with Crippen LogP contribution in [0.25, 0.3) is 0 Å². The zero-order valence-electron chi connectivity index (χ0n) is 12.5. The van der Waals surface area contributed by atoms with Crippen LogP contribution in [0.3, 0.4) is 0 Å². The molecule has 1 aliphatic heterocycles. The van der Waals surface area contributed by atoms with Gasteiger partial charge in [0, 0.05) is 35.9 Å². The van der Waals surface area contributed by atoms with E-state index in [1.165, 1.54) is 43.5 Å². The van der Waals surface area contributed by atoms with E-state index in [0.717, 1.165) is 17.6 Å². The third-order valence-electron chi connectivity index (χ3n) is 4.58. The minimum absolute atomic E-state index is 0.660. The summed E-state index contributed by atoms with van der Waals surface area (Å²) in [4.78, 5) is 2.58. The van der Waals surface area contributed by atoms with Crippen molar-refractivity contribution in [3.63, 3.8) is 0 Å². The first kappa shape index (κ1) is 14.2. The standard InChI is InChI=1S/C17H25ClN2/c1-12(2)16-4-3-9-20(16)17-10-14(18)6-5-13(17)11-19-15-7-8-15/h5-6,10,12,15-16,19H,3-4,7-9,11H2,1-2H3. The lowest BCUT2D eigenvalue weighted by atomic mass is 10.0. The molecule has 3 rings (SSSR count). The number of benzene rings is 1. The predicted molar refractivity (Wildman–Crippen MR) is 86.5 cm³/mol. The fraction of sp³-hybridized carbons (Fsp3) is 0.647. The van der Waals surface area contributed by atoms with Crippen LogP contribution in [0.1, 0.15) is 45.1 Å². The molecule has 0 bridgehead atoms. The summed E-state index contributed by atoms with van der Waals surface area (Å²) in [5, 5.41) is 4.48. The van der Waals surface area contributed by atoms with Crippen LogP contribution in [-0.4, -0.2) is 18.6 Å². The second kappa shape index (κ2) is 5.95. The summed E-state index contributed by atoms with van der Waals surface area (Å²) >= 11 is 6.25. The molecule has 1 aliphatic carbocycles. The molecule has 2 aliphatic rings.